The lowest BCUT2D eigenvalue weighted by atomic mass is 10.2. The quantitative estimate of drug-likeness (QED) is 0.550. The lowest BCUT2D eigenvalue weighted by Gasteiger charge is -2.35. The van der Waals surface area contributed by atoms with Crippen molar-refractivity contribution in [1.82, 2.24) is 19.4 Å². The highest BCUT2D eigenvalue weighted by Gasteiger charge is 2.19. The van der Waals surface area contributed by atoms with Crippen LogP contribution in [-0.4, -0.2) is 51.6 Å². The maximum Gasteiger partial charge on any atom is 0.191 e. The van der Waals surface area contributed by atoms with E-state index < -0.39 is 0 Å². The summed E-state index contributed by atoms with van der Waals surface area (Å²) in [6.45, 7) is 3.65. The first-order valence-electron chi connectivity index (χ1n) is 8.67. The van der Waals surface area contributed by atoms with Crippen molar-refractivity contribution in [3.8, 4) is 5.69 Å². The number of thiazole rings is 1. The Morgan fingerprint density at radius 1 is 1.22 bits per heavy atom. The standard InChI is InChI=1S/C18H20FN7S/c19-15-11-14(1-2-16(15)26-5-3-21-13-26)12-23-17(20)24-6-8-25(9-7-24)18-22-4-10-27-18/h1-5,10-11,13H,6-9,12H2,(H2,20,23). The van der Waals surface area contributed by atoms with Gasteiger partial charge in [-0.3, -0.25) is 0 Å². The highest BCUT2D eigenvalue weighted by Crippen LogP contribution is 2.19. The van der Waals surface area contributed by atoms with E-state index in [-0.39, 0.29) is 5.82 Å². The minimum Gasteiger partial charge on any atom is -0.370 e. The van der Waals surface area contributed by atoms with Gasteiger partial charge in [0.25, 0.3) is 0 Å². The Morgan fingerprint density at radius 2 is 2.07 bits per heavy atom. The highest BCUT2D eigenvalue weighted by atomic mass is 32.1. The molecule has 0 saturated carbocycles. The molecule has 0 spiro atoms. The summed E-state index contributed by atoms with van der Waals surface area (Å²) in [7, 11) is 0. The summed E-state index contributed by atoms with van der Waals surface area (Å²) >= 11 is 1.64. The van der Waals surface area contributed by atoms with Crippen LogP contribution in [0, 0.1) is 5.82 Å². The number of aliphatic imine (C=N–C) groups is 1. The van der Waals surface area contributed by atoms with Crippen LogP contribution in [0.2, 0.25) is 0 Å². The minimum absolute atomic E-state index is 0.309. The zero-order valence-corrected chi connectivity index (χ0v) is 15.5. The van der Waals surface area contributed by atoms with E-state index in [9.17, 15) is 4.39 Å². The molecule has 1 aromatic carbocycles. The minimum atomic E-state index is -0.309. The lowest BCUT2D eigenvalue weighted by Crippen LogP contribution is -2.51. The first-order chi connectivity index (χ1) is 13.2. The maximum absolute atomic E-state index is 14.3. The number of piperazine rings is 1. The van der Waals surface area contributed by atoms with Gasteiger partial charge in [-0.1, -0.05) is 6.07 Å². The molecule has 0 radical (unpaired) electrons. The van der Waals surface area contributed by atoms with Crippen LogP contribution in [0.4, 0.5) is 9.52 Å². The predicted molar refractivity (Wildman–Crippen MR) is 105 cm³/mol. The van der Waals surface area contributed by atoms with Gasteiger partial charge in [0.05, 0.1) is 18.6 Å². The third-order valence-electron chi connectivity index (χ3n) is 4.51. The number of hydrogen-bond donors (Lipinski definition) is 1. The predicted octanol–water partition coefficient (Wildman–Crippen LogP) is 2.10. The number of benzene rings is 1. The first-order valence-corrected chi connectivity index (χ1v) is 9.55. The number of nitrogens with zero attached hydrogens (tertiary/aromatic N) is 6. The molecule has 7 nitrogen and oxygen atoms in total. The second-order valence-corrected chi connectivity index (χ2v) is 7.09. The van der Waals surface area contributed by atoms with E-state index in [1.165, 1.54) is 6.07 Å². The van der Waals surface area contributed by atoms with Crippen molar-refractivity contribution in [3.63, 3.8) is 0 Å². The Morgan fingerprint density at radius 3 is 2.74 bits per heavy atom. The third-order valence-corrected chi connectivity index (χ3v) is 5.34. The van der Waals surface area contributed by atoms with Crippen LogP contribution in [0.3, 0.4) is 0 Å². The van der Waals surface area contributed by atoms with E-state index in [0.717, 1.165) is 36.9 Å². The van der Waals surface area contributed by atoms with E-state index in [1.54, 1.807) is 40.7 Å². The van der Waals surface area contributed by atoms with E-state index in [0.29, 0.717) is 18.2 Å². The van der Waals surface area contributed by atoms with E-state index in [2.05, 4.69) is 24.8 Å². The topological polar surface area (TPSA) is 75.6 Å². The second-order valence-electron chi connectivity index (χ2n) is 6.22. The lowest BCUT2D eigenvalue weighted by molar-refractivity contribution is 0.380. The molecule has 140 valence electrons. The van der Waals surface area contributed by atoms with Gasteiger partial charge in [0.15, 0.2) is 11.1 Å². The summed E-state index contributed by atoms with van der Waals surface area (Å²) in [5, 5.41) is 3.02. The molecule has 0 atom stereocenters. The zero-order valence-electron chi connectivity index (χ0n) is 14.7. The van der Waals surface area contributed by atoms with Crippen LogP contribution in [0.15, 0.2) is 53.5 Å². The van der Waals surface area contributed by atoms with Gasteiger partial charge in [0.1, 0.15) is 5.82 Å². The van der Waals surface area contributed by atoms with E-state index in [1.807, 2.05) is 17.6 Å². The first kappa shape index (κ1) is 17.5. The van der Waals surface area contributed by atoms with E-state index in [4.69, 9.17) is 5.73 Å². The smallest absolute Gasteiger partial charge is 0.191 e. The monoisotopic (exact) mass is 385 g/mol. The Kier molecular flexibility index (Phi) is 5.01. The Labute approximate surface area is 160 Å². The number of aromatic nitrogens is 3. The molecule has 1 aliphatic heterocycles. The largest absolute Gasteiger partial charge is 0.370 e. The number of rotatable bonds is 4. The molecule has 1 saturated heterocycles. The van der Waals surface area contributed by atoms with Crippen molar-refractivity contribution in [1.29, 1.82) is 0 Å². The Bertz CT molecular complexity index is 900. The van der Waals surface area contributed by atoms with Crippen molar-refractivity contribution in [2.75, 3.05) is 31.1 Å². The molecule has 1 fully saturated rings. The maximum atomic E-state index is 14.3. The van der Waals surface area contributed by atoms with E-state index >= 15 is 0 Å². The number of hydrogen-bond acceptors (Lipinski definition) is 5. The van der Waals surface area contributed by atoms with Crippen LogP contribution in [0.25, 0.3) is 5.69 Å². The molecule has 1 aliphatic rings. The van der Waals surface area contributed by atoms with Gasteiger partial charge in [-0.25, -0.2) is 19.4 Å². The fourth-order valence-corrected chi connectivity index (χ4v) is 3.73. The molecule has 0 aliphatic carbocycles. The number of anilines is 1. The normalized spacial score (nSPS) is 15.4. The summed E-state index contributed by atoms with van der Waals surface area (Å²) in [5.41, 5.74) is 7.39. The van der Waals surface area contributed by atoms with Crippen LogP contribution in [0.1, 0.15) is 5.56 Å². The van der Waals surface area contributed by atoms with Crippen molar-refractivity contribution in [2.45, 2.75) is 6.54 Å². The molecule has 27 heavy (non-hydrogen) atoms. The van der Waals surface area contributed by atoms with Crippen LogP contribution in [0.5, 0.6) is 0 Å². The van der Waals surface area contributed by atoms with Crippen molar-refractivity contribution in [3.05, 3.63) is 59.9 Å². The molecule has 0 amide bonds. The average molecular weight is 385 g/mol. The Balaban J connectivity index is 1.36. The number of imidazole rings is 1. The molecule has 2 N–H and O–H groups in total. The van der Waals surface area contributed by atoms with Crippen LogP contribution >= 0.6 is 11.3 Å². The van der Waals surface area contributed by atoms with Gasteiger partial charge in [0, 0.05) is 50.1 Å². The number of guanidine groups is 1. The summed E-state index contributed by atoms with van der Waals surface area (Å²) in [4.78, 5) is 17.0. The summed E-state index contributed by atoms with van der Waals surface area (Å²) < 4.78 is 16.0. The van der Waals surface area contributed by atoms with Gasteiger partial charge in [0.2, 0.25) is 0 Å². The third kappa shape index (κ3) is 3.92. The van der Waals surface area contributed by atoms with Gasteiger partial charge >= 0.3 is 0 Å². The van der Waals surface area contributed by atoms with Gasteiger partial charge in [-0.2, -0.15) is 0 Å². The Hall–Kier alpha value is -2.94. The molecule has 3 aromatic rings. The molecule has 2 aromatic heterocycles. The van der Waals surface area contributed by atoms with Crippen molar-refractivity contribution >= 4 is 22.4 Å². The molecule has 0 unspecified atom stereocenters. The molecule has 3 heterocycles. The summed E-state index contributed by atoms with van der Waals surface area (Å²) in [6, 6.07) is 5.08. The molecule has 9 heteroatoms. The van der Waals surface area contributed by atoms with Gasteiger partial charge in [-0.05, 0) is 17.7 Å². The van der Waals surface area contributed by atoms with Gasteiger partial charge in [-0.15, -0.1) is 11.3 Å². The fourth-order valence-electron chi connectivity index (χ4n) is 3.03. The van der Waals surface area contributed by atoms with Crippen LogP contribution in [-0.2, 0) is 6.54 Å². The number of nitrogens with two attached hydrogens (primary N) is 1. The highest BCUT2D eigenvalue weighted by molar-refractivity contribution is 7.13. The molecular weight excluding hydrogens is 365 g/mol. The molecule has 0 bridgehead atoms. The summed E-state index contributed by atoms with van der Waals surface area (Å²) in [6.07, 6.45) is 6.71. The summed E-state index contributed by atoms with van der Waals surface area (Å²) in [5.74, 6) is 0.184. The fraction of sp³-hybridized carbons (Fsp3) is 0.278. The average Bonchev–Trinajstić information content (AvgIpc) is 3.40. The van der Waals surface area contributed by atoms with Crippen molar-refractivity contribution in [2.24, 2.45) is 10.7 Å². The number of halogens is 1. The van der Waals surface area contributed by atoms with Gasteiger partial charge < -0.3 is 20.1 Å². The zero-order chi connectivity index (χ0) is 18.6. The second kappa shape index (κ2) is 7.75. The SMILES string of the molecule is NC(=NCc1ccc(-n2ccnc2)c(F)c1)N1CCN(c2nccs2)CC1. The molecular formula is C18H20FN7S. The molecule has 4 rings (SSSR count). The van der Waals surface area contributed by atoms with Crippen LogP contribution < -0.4 is 10.6 Å². The van der Waals surface area contributed by atoms with Crippen molar-refractivity contribution < 1.29 is 4.39 Å².